The van der Waals surface area contributed by atoms with Gasteiger partial charge in [0.2, 0.25) is 23.6 Å². The Labute approximate surface area is 193 Å². The summed E-state index contributed by atoms with van der Waals surface area (Å²) in [5, 5.41) is 8.70. The molecule has 0 spiro atoms. The van der Waals surface area contributed by atoms with E-state index in [2.05, 4.69) is 37.9 Å². The lowest BCUT2D eigenvalue weighted by Crippen LogP contribution is -2.13. The average molecular weight is 445 g/mol. The lowest BCUT2D eigenvalue weighted by Gasteiger charge is -2.07. The van der Waals surface area contributed by atoms with E-state index in [9.17, 15) is 0 Å². The Hall–Kier alpha value is -3.48. The Morgan fingerprint density at radius 3 is 1.39 bits per heavy atom. The maximum Gasteiger partial charge on any atom is 0.248 e. The van der Waals surface area contributed by atoms with Crippen LogP contribution in [-0.4, -0.2) is 47.3 Å². The third-order valence-corrected chi connectivity index (χ3v) is 6.09. The third kappa shape index (κ3) is 4.15. The van der Waals surface area contributed by atoms with Crippen LogP contribution in [0.25, 0.3) is 22.9 Å². The predicted molar refractivity (Wildman–Crippen MR) is 127 cm³/mol. The molecule has 3 heterocycles. The molecule has 33 heavy (non-hydrogen) atoms. The van der Waals surface area contributed by atoms with E-state index < -0.39 is 0 Å². The van der Waals surface area contributed by atoms with Crippen LogP contribution >= 0.6 is 0 Å². The number of hydrogen-bond donors (Lipinski definition) is 0. The van der Waals surface area contributed by atoms with Crippen LogP contribution < -0.4 is 0 Å². The Bertz CT molecular complexity index is 1120. The molecule has 0 N–H and O–H groups in total. The molecule has 0 unspecified atom stereocenters. The van der Waals surface area contributed by atoms with Gasteiger partial charge in [-0.15, -0.1) is 10.2 Å². The van der Waals surface area contributed by atoms with Crippen molar-refractivity contribution in [3.8, 4) is 22.9 Å². The molecule has 0 bridgehead atoms. The SMILES string of the molecule is CC(C)[C@H]1COC(c2ccccc2-c2nnc(-c3ccccc3C3=N[C@@H](C(C)C)CO3)o2)=N1. The zero-order valence-electron chi connectivity index (χ0n) is 19.4. The molecular formula is C26H28N4O3. The molecule has 0 aliphatic carbocycles. The molecule has 5 rings (SSSR count). The largest absolute Gasteiger partial charge is 0.475 e. The summed E-state index contributed by atoms with van der Waals surface area (Å²) in [6.07, 6.45) is 0. The van der Waals surface area contributed by atoms with Crippen molar-refractivity contribution in [1.29, 1.82) is 0 Å². The molecule has 0 saturated heterocycles. The first-order valence-corrected chi connectivity index (χ1v) is 11.5. The van der Waals surface area contributed by atoms with E-state index in [1.807, 2.05) is 48.5 Å². The van der Waals surface area contributed by atoms with Gasteiger partial charge >= 0.3 is 0 Å². The van der Waals surface area contributed by atoms with E-state index in [-0.39, 0.29) is 12.1 Å². The molecule has 2 aromatic carbocycles. The Morgan fingerprint density at radius 2 is 1.03 bits per heavy atom. The molecule has 7 nitrogen and oxygen atoms in total. The highest BCUT2D eigenvalue weighted by Crippen LogP contribution is 2.31. The average Bonchev–Trinajstić information content (AvgIpc) is 3.60. The van der Waals surface area contributed by atoms with Crippen molar-refractivity contribution in [2.45, 2.75) is 39.8 Å². The normalized spacial score (nSPS) is 20.1. The van der Waals surface area contributed by atoms with E-state index in [0.717, 1.165) is 22.3 Å². The van der Waals surface area contributed by atoms with Gasteiger partial charge in [-0.05, 0) is 36.1 Å². The minimum atomic E-state index is 0.153. The quantitative estimate of drug-likeness (QED) is 0.534. The second-order valence-electron chi connectivity index (χ2n) is 9.12. The Morgan fingerprint density at radius 1 is 0.636 bits per heavy atom. The van der Waals surface area contributed by atoms with Gasteiger partial charge in [0.1, 0.15) is 13.2 Å². The van der Waals surface area contributed by atoms with Crippen molar-refractivity contribution >= 4 is 11.8 Å². The zero-order valence-corrected chi connectivity index (χ0v) is 19.4. The fraction of sp³-hybridized carbons (Fsp3) is 0.385. The number of rotatable bonds is 6. The number of ether oxygens (including phenoxy) is 2. The highest BCUT2D eigenvalue weighted by molar-refractivity contribution is 6.01. The smallest absolute Gasteiger partial charge is 0.248 e. The van der Waals surface area contributed by atoms with E-state index in [1.54, 1.807) is 0 Å². The molecule has 1 aromatic heterocycles. The second kappa shape index (κ2) is 8.81. The highest BCUT2D eigenvalue weighted by atomic mass is 16.5. The molecule has 0 fully saturated rings. The summed E-state index contributed by atoms with van der Waals surface area (Å²) in [5.74, 6) is 2.92. The summed E-state index contributed by atoms with van der Waals surface area (Å²) in [5.41, 5.74) is 3.30. The van der Waals surface area contributed by atoms with E-state index in [1.165, 1.54) is 0 Å². The topological polar surface area (TPSA) is 82.1 Å². The van der Waals surface area contributed by atoms with Gasteiger partial charge in [-0.25, -0.2) is 9.98 Å². The molecule has 0 amide bonds. The van der Waals surface area contributed by atoms with Crippen LogP contribution in [0.3, 0.4) is 0 Å². The first-order valence-electron chi connectivity index (χ1n) is 11.5. The van der Waals surface area contributed by atoms with Gasteiger partial charge in [-0.1, -0.05) is 52.0 Å². The van der Waals surface area contributed by atoms with Crippen LogP contribution in [0.15, 0.2) is 62.9 Å². The molecule has 2 atom stereocenters. The van der Waals surface area contributed by atoms with Gasteiger partial charge in [-0.2, -0.15) is 0 Å². The minimum Gasteiger partial charge on any atom is -0.475 e. The van der Waals surface area contributed by atoms with Gasteiger partial charge in [0.15, 0.2) is 0 Å². The van der Waals surface area contributed by atoms with Gasteiger partial charge in [0.05, 0.1) is 23.2 Å². The molecule has 2 aliphatic heterocycles. The van der Waals surface area contributed by atoms with Gasteiger partial charge in [0.25, 0.3) is 0 Å². The van der Waals surface area contributed by atoms with Crippen molar-refractivity contribution in [2.24, 2.45) is 21.8 Å². The standard InChI is InChI=1S/C26H28N4O3/c1-15(2)21-13-31-23(27-21)17-9-5-7-11-19(17)25-29-30-26(33-25)20-12-8-6-10-18(20)24-28-22(14-32-24)16(3)4/h5-12,15-16,21-22H,13-14H2,1-4H3/t21-,22-/m1/s1. The minimum absolute atomic E-state index is 0.153. The van der Waals surface area contributed by atoms with Crippen molar-refractivity contribution in [2.75, 3.05) is 13.2 Å². The third-order valence-electron chi connectivity index (χ3n) is 6.09. The molecule has 170 valence electrons. The zero-order chi connectivity index (χ0) is 22.9. The predicted octanol–water partition coefficient (Wildman–Crippen LogP) is 5.01. The van der Waals surface area contributed by atoms with Crippen LogP contribution in [0.2, 0.25) is 0 Å². The fourth-order valence-electron chi connectivity index (χ4n) is 3.91. The summed E-state index contributed by atoms with van der Waals surface area (Å²) in [7, 11) is 0. The first-order chi connectivity index (χ1) is 16.0. The van der Waals surface area contributed by atoms with Gasteiger partial charge in [0, 0.05) is 11.1 Å². The van der Waals surface area contributed by atoms with Crippen molar-refractivity contribution in [3.05, 3.63) is 59.7 Å². The molecule has 2 aliphatic rings. The monoisotopic (exact) mass is 444 g/mol. The van der Waals surface area contributed by atoms with Crippen LogP contribution in [-0.2, 0) is 9.47 Å². The number of aliphatic imine (C=N–C) groups is 2. The first kappa shape index (κ1) is 21.4. The summed E-state index contributed by atoms with van der Waals surface area (Å²) in [6.45, 7) is 9.77. The maximum absolute atomic E-state index is 6.16. The summed E-state index contributed by atoms with van der Waals surface area (Å²) < 4.78 is 18.0. The summed E-state index contributed by atoms with van der Waals surface area (Å²) >= 11 is 0. The van der Waals surface area contributed by atoms with Gasteiger partial charge < -0.3 is 13.9 Å². The molecule has 0 radical (unpaired) electrons. The maximum atomic E-state index is 6.16. The molecule has 7 heteroatoms. The molecule has 0 saturated carbocycles. The molecular weight excluding hydrogens is 416 g/mol. The summed E-state index contributed by atoms with van der Waals surface area (Å²) in [6, 6.07) is 16.0. The van der Waals surface area contributed by atoms with E-state index in [4.69, 9.17) is 23.9 Å². The van der Waals surface area contributed by atoms with Gasteiger partial charge in [-0.3, -0.25) is 0 Å². The fourth-order valence-corrected chi connectivity index (χ4v) is 3.91. The number of nitrogens with zero attached hydrogens (tertiary/aromatic N) is 4. The Balaban J connectivity index is 1.49. The summed E-state index contributed by atoms with van der Waals surface area (Å²) in [4.78, 5) is 9.54. The number of benzene rings is 2. The Kier molecular flexibility index (Phi) is 5.70. The van der Waals surface area contributed by atoms with Crippen LogP contribution in [0, 0.1) is 11.8 Å². The second-order valence-corrected chi connectivity index (χ2v) is 9.12. The number of aromatic nitrogens is 2. The van der Waals surface area contributed by atoms with Crippen LogP contribution in [0.4, 0.5) is 0 Å². The van der Waals surface area contributed by atoms with E-state index in [0.29, 0.717) is 48.6 Å². The van der Waals surface area contributed by atoms with Crippen molar-refractivity contribution in [1.82, 2.24) is 10.2 Å². The van der Waals surface area contributed by atoms with Crippen molar-refractivity contribution in [3.63, 3.8) is 0 Å². The van der Waals surface area contributed by atoms with Crippen molar-refractivity contribution < 1.29 is 13.9 Å². The lowest BCUT2D eigenvalue weighted by molar-refractivity contribution is 0.292. The van der Waals surface area contributed by atoms with Crippen LogP contribution in [0.5, 0.6) is 0 Å². The lowest BCUT2D eigenvalue weighted by atomic mass is 10.1. The highest BCUT2D eigenvalue weighted by Gasteiger charge is 2.28. The van der Waals surface area contributed by atoms with Crippen LogP contribution in [0.1, 0.15) is 38.8 Å². The van der Waals surface area contributed by atoms with E-state index >= 15 is 0 Å². The molecule has 3 aromatic rings. The number of hydrogen-bond acceptors (Lipinski definition) is 7.